The van der Waals surface area contributed by atoms with E-state index in [-0.39, 0.29) is 0 Å². The Balaban J connectivity index is 1.68. The predicted molar refractivity (Wildman–Crippen MR) is 56.8 cm³/mol. The minimum atomic E-state index is 0.857. The number of nitrogens with zero attached hydrogens (tertiary/aromatic N) is 5. The van der Waals surface area contributed by atoms with E-state index in [0.29, 0.717) is 0 Å². The number of tetrazole rings is 1. The van der Waals surface area contributed by atoms with Crippen molar-refractivity contribution in [3.63, 3.8) is 0 Å². The van der Waals surface area contributed by atoms with Crippen molar-refractivity contribution < 1.29 is 4.74 Å². The minimum Gasteiger partial charge on any atom is -0.379 e. The van der Waals surface area contributed by atoms with Crippen LogP contribution in [0, 0.1) is 0 Å². The van der Waals surface area contributed by atoms with E-state index >= 15 is 0 Å². The smallest absolute Gasteiger partial charge is 0.209 e. The quantitative estimate of drug-likeness (QED) is 0.657. The molecule has 0 saturated carbocycles. The van der Waals surface area contributed by atoms with E-state index in [0.717, 1.165) is 43.8 Å². The van der Waals surface area contributed by atoms with Crippen LogP contribution in [0.25, 0.3) is 0 Å². The Hall–Kier alpha value is -0.660. The Kier molecular flexibility index (Phi) is 3.93. The van der Waals surface area contributed by atoms with Crippen molar-refractivity contribution in [2.75, 3.05) is 38.6 Å². The molecule has 1 saturated heterocycles. The lowest BCUT2D eigenvalue weighted by molar-refractivity contribution is 0.0410. The fourth-order valence-corrected chi connectivity index (χ4v) is 2.28. The third-order valence-corrected chi connectivity index (χ3v) is 3.31. The number of hydrogen-bond donors (Lipinski definition) is 0. The van der Waals surface area contributed by atoms with Crippen LogP contribution >= 0.6 is 11.8 Å². The van der Waals surface area contributed by atoms with Crippen molar-refractivity contribution in [2.24, 2.45) is 7.05 Å². The van der Waals surface area contributed by atoms with Crippen molar-refractivity contribution in [1.82, 2.24) is 25.1 Å². The van der Waals surface area contributed by atoms with Crippen LogP contribution in [0.4, 0.5) is 0 Å². The lowest BCUT2D eigenvalue weighted by Gasteiger charge is -2.26. The average Bonchev–Trinajstić information content (AvgIpc) is 2.66. The Morgan fingerprint density at radius 2 is 2.20 bits per heavy atom. The molecule has 84 valence electrons. The molecular weight excluding hydrogens is 214 g/mol. The summed E-state index contributed by atoms with van der Waals surface area (Å²) in [6.07, 6.45) is 0. The van der Waals surface area contributed by atoms with Crippen LogP contribution in [0.2, 0.25) is 0 Å². The van der Waals surface area contributed by atoms with E-state index in [4.69, 9.17) is 4.74 Å². The molecule has 0 amide bonds. The monoisotopic (exact) mass is 229 g/mol. The molecule has 0 aliphatic carbocycles. The van der Waals surface area contributed by atoms with Gasteiger partial charge >= 0.3 is 0 Å². The summed E-state index contributed by atoms with van der Waals surface area (Å²) in [5.41, 5.74) is 0. The molecule has 15 heavy (non-hydrogen) atoms. The molecule has 0 bridgehead atoms. The molecule has 6 nitrogen and oxygen atoms in total. The molecule has 0 unspecified atom stereocenters. The second-order valence-corrected chi connectivity index (χ2v) is 4.45. The number of thioether (sulfide) groups is 1. The number of ether oxygens (including phenoxy) is 1. The van der Waals surface area contributed by atoms with Crippen LogP contribution in [0.3, 0.4) is 0 Å². The Morgan fingerprint density at radius 1 is 1.40 bits per heavy atom. The Bertz CT molecular complexity index is 299. The highest BCUT2D eigenvalue weighted by atomic mass is 32.2. The maximum absolute atomic E-state index is 5.29. The highest BCUT2D eigenvalue weighted by Crippen LogP contribution is 2.12. The van der Waals surface area contributed by atoms with E-state index in [1.54, 1.807) is 16.4 Å². The highest BCUT2D eigenvalue weighted by molar-refractivity contribution is 7.99. The molecule has 0 spiro atoms. The van der Waals surface area contributed by atoms with Crippen LogP contribution in [0.5, 0.6) is 0 Å². The number of aryl methyl sites for hydroxylation is 1. The Morgan fingerprint density at radius 3 is 2.87 bits per heavy atom. The first kappa shape index (κ1) is 10.8. The zero-order valence-electron chi connectivity index (χ0n) is 8.80. The summed E-state index contributed by atoms with van der Waals surface area (Å²) >= 11 is 1.69. The largest absolute Gasteiger partial charge is 0.379 e. The maximum Gasteiger partial charge on any atom is 0.209 e. The molecule has 0 N–H and O–H groups in total. The molecule has 1 aromatic heterocycles. The van der Waals surface area contributed by atoms with Gasteiger partial charge in [-0.05, 0) is 10.4 Å². The van der Waals surface area contributed by atoms with Gasteiger partial charge in [-0.25, -0.2) is 4.68 Å². The van der Waals surface area contributed by atoms with Gasteiger partial charge in [0.15, 0.2) is 0 Å². The maximum atomic E-state index is 5.29. The second kappa shape index (κ2) is 5.43. The van der Waals surface area contributed by atoms with Gasteiger partial charge < -0.3 is 4.74 Å². The zero-order valence-corrected chi connectivity index (χ0v) is 9.61. The van der Waals surface area contributed by atoms with Crippen molar-refractivity contribution >= 4 is 11.8 Å². The molecule has 1 aliphatic heterocycles. The SMILES string of the molecule is Cn1nnnc1SCCN1CCOCC1. The molecule has 0 aromatic carbocycles. The summed E-state index contributed by atoms with van der Waals surface area (Å²) in [6.45, 7) is 4.86. The van der Waals surface area contributed by atoms with Gasteiger partial charge in [-0.3, -0.25) is 4.90 Å². The van der Waals surface area contributed by atoms with Gasteiger partial charge in [0.25, 0.3) is 0 Å². The van der Waals surface area contributed by atoms with Gasteiger partial charge in [0, 0.05) is 32.4 Å². The number of aromatic nitrogens is 4. The van der Waals surface area contributed by atoms with E-state index in [1.807, 2.05) is 7.05 Å². The minimum absolute atomic E-state index is 0.857. The van der Waals surface area contributed by atoms with Crippen LogP contribution in [0.1, 0.15) is 0 Å². The lowest BCUT2D eigenvalue weighted by atomic mass is 10.4. The van der Waals surface area contributed by atoms with Gasteiger partial charge in [0.1, 0.15) is 0 Å². The first-order chi connectivity index (χ1) is 7.36. The van der Waals surface area contributed by atoms with Crippen LogP contribution in [0.15, 0.2) is 5.16 Å². The van der Waals surface area contributed by atoms with Crippen molar-refractivity contribution in [2.45, 2.75) is 5.16 Å². The summed E-state index contributed by atoms with van der Waals surface area (Å²) in [6, 6.07) is 0. The molecule has 7 heteroatoms. The molecule has 1 aliphatic rings. The standard InChI is InChI=1S/C8H15N5OS/c1-12-8(9-10-11-12)15-7-4-13-2-5-14-6-3-13/h2-7H2,1H3. The average molecular weight is 229 g/mol. The molecule has 2 rings (SSSR count). The zero-order chi connectivity index (χ0) is 10.5. The molecule has 0 atom stereocenters. The summed E-state index contributed by atoms with van der Waals surface area (Å²) in [7, 11) is 1.86. The van der Waals surface area contributed by atoms with E-state index in [9.17, 15) is 0 Å². The third-order valence-electron chi connectivity index (χ3n) is 2.32. The number of hydrogen-bond acceptors (Lipinski definition) is 6. The normalized spacial score (nSPS) is 18.2. The van der Waals surface area contributed by atoms with Crippen molar-refractivity contribution in [3.8, 4) is 0 Å². The topological polar surface area (TPSA) is 56.1 Å². The van der Waals surface area contributed by atoms with Crippen molar-refractivity contribution in [3.05, 3.63) is 0 Å². The first-order valence-corrected chi connectivity index (χ1v) is 6.00. The van der Waals surface area contributed by atoms with Crippen molar-refractivity contribution in [1.29, 1.82) is 0 Å². The van der Waals surface area contributed by atoms with Gasteiger partial charge in [-0.2, -0.15) is 0 Å². The third kappa shape index (κ3) is 3.15. The molecular formula is C8H15N5OS. The summed E-state index contributed by atoms with van der Waals surface area (Å²) in [4.78, 5) is 2.40. The van der Waals surface area contributed by atoms with Crippen LogP contribution in [-0.2, 0) is 11.8 Å². The fraction of sp³-hybridized carbons (Fsp3) is 0.875. The lowest BCUT2D eigenvalue weighted by Crippen LogP contribution is -2.37. The van der Waals surface area contributed by atoms with Crippen LogP contribution < -0.4 is 0 Å². The molecule has 1 aromatic rings. The van der Waals surface area contributed by atoms with E-state index in [2.05, 4.69) is 20.4 Å². The molecule has 1 fully saturated rings. The summed E-state index contributed by atoms with van der Waals surface area (Å²) in [5, 5.41) is 12.2. The Labute approximate surface area is 93.0 Å². The highest BCUT2D eigenvalue weighted by Gasteiger charge is 2.10. The predicted octanol–water partition coefficient (Wildman–Crippen LogP) is -0.366. The fourth-order valence-electron chi connectivity index (χ4n) is 1.43. The number of rotatable bonds is 4. The van der Waals surface area contributed by atoms with Gasteiger partial charge in [0.2, 0.25) is 5.16 Å². The van der Waals surface area contributed by atoms with E-state index < -0.39 is 0 Å². The van der Waals surface area contributed by atoms with Gasteiger partial charge in [0.05, 0.1) is 13.2 Å². The summed E-state index contributed by atoms with van der Waals surface area (Å²) < 4.78 is 6.98. The van der Waals surface area contributed by atoms with Gasteiger partial charge in [-0.15, -0.1) is 5.10 Å². The van der Waals surface area contributed by atoms with Gasteiger partial charge in [-0.1, -0.05) is 11.8 Å². The van der Waals surface area contributed by atoms with E-state index in [1.165, 1.54) is 0 Å². The van der Waals surface area contributed by atoms with Crippen LogP contribution in [-0.4, -0.2) is 63.7 Å². The first-order valence-electron chi connectivity index (χ1n) is 5.01. The number of morpholine rings is 1. The molecule has 2 heterocycles. The molecule has 0 radical (unpaired) electrons. The summed E-state index contributed by atoms with van der Waals surface area (Å²) in [5.74, 6) is 1.02. The second-order valence-electron chi connectivity index (χ2n) is 3.39.